The van der Waals surface area contributed by atoms with Crippen LogP contribution in [0, 0.1) is 0 Å². The van der Waals surface area contributed by atoms with Gasteiger partial charge in [0.2, 0.25) is 0 Å². The molecule has 1 N–H and O–H groups in total. The van der Waals surface area contributed by atoms with Gasteiger partial charge >= 0.3 is 0 Å². The monoisotopic (exact) mass is 126 g/mol. The minimum Gasteiger partial charge on any atom is -0.508 e. The molecule has 0 fully saturated rings. The second-order valence-electron chi connectivity index (χ2n) is 1.68. The molecule has 0 aliphatic rings. The Hall–Kier alpha value is -0.980. The van der Waals surface area contributed by atoms with E-state index in [2.05, 4.69) is 0 Å². The Bertz CT molecular complexity index is 319. The molecular formula is C8H10O. The molecule has 1 aromatic carbocycles. The highest BCUT2D eigenvalue weighted by atomic mass is 16.3. The van der Waals surface area contributed by atoms with E-state index in [9.17, 15) is 5.11 Å². The molecule has 0 unspecified atom stereocenters. The SMILES string of the molecule is [2H]c1c([2H])c([2H])c(CC)c(O)c1[2H]. The van der Waals surface area contributed by atoms with E-state index in [1.165, 1.54) is 0 Å². The Morgan fingerprint density at radius 2 is 2.22 bits per heavy atom. The maximum absolute atomic E-state index is 9.37. The third-order valence-electron chi connectivity index (χ3n) is 1.10. The van der Waals surface area contributed by atoms with Crippen molar-refractivity contribution in [1.82, 2.24) is 0 Å². The number of benzene rings is 1. The summed E-state index contributed by atoms with van der Waals surface area (Å²) >= 11 is 0. The zero-order valence-corrected chi connectivity index (χ0v) is 5.15. The molecule has 0 spiro atoms. The van der Waals surface area contributed by atoms with Gasteiger partial charge in [-0.25, -0.2) is 0 Å². The number of aromatic hydroxyl groups is 1. The molecule has 0 aromatic heterocycles. The van der Waals surface area contributed by atoms with Gasteiger partial charge in [-0.05, 0) is 18.0 Å². The average molecular weight is 126 g/mol. The third-order valence-corrected chi connectivity index (χ3v) is 1.10. The van der Waals surface area contributed by atoms with E-state index in [0.717, 1.165) is 0 Å². The second-order valence-corrected chi connectivity index (χ2v) is 1.68. The number of para-hydroxylation sites is 1. The summed E-state index contributed by atoms with van der Waals surface area (Å²) in [5.41, 5.74) is 0.269. The summed E-state index contributed by atoms with van der Waals surface area (Å²) < 4.78 is 29.3. The molecule has 0 atom stereocenters. The van der Waals surface area contributed by atoms with Gasteiger partial charge in [0.1, 0.15) is 5.75 Å². The van der Waals surface area contributed by atoms with Crippen LogP contribution in [0.5, 0.6) is 5.75 Å². The third kappa shape index (κ3) is 1.22. The van der Waals surface area contributed by atoms with E-state index in [1.807, 2.05) is 0 Å². The molecule has 0 saturated heterocycles. The van der Waals surface area contributed by atoms with E-state index in [4.69, 9.17) is 5.48 Å². The molecule has 0 amide bonds. The van der Waals surface area contributed by atoms with Crippen molar-refractivity contribution < 1.29 is 10.6 Å². The number of phenols is 1. The van der Waals surface area contributed by atoms with Crippen LogP contribution in [0.2, 0.25) is 0 Å². The fraction of sp³-hybridized carbons (Fsp3) is 0.250. The van der Waals surface area contributed by atoms with Crippen LogP contribution in [-0.4, -0.2) is 5.11 Å². The fourth-order valence-corrected chi connectivity index (χ4v) is 0.588. The summed E-state index contributed by atoms with van der Waals surface area (Å²) in [7, 11) is 0. The predicted molar refractivity (Wildman–Crippen MR) is 37.5 cm³/mol. The number of hydrogen-bond acceptors (Lipinski definition) is 1. The first-order valence-electron chi connectivity index (χ1n) is 4.78. The van der Waals surface area contributed by atoms with Crippen molar-refractivity contribution in [2.24, 2.45) is 0 Å². The van der Waals surface area contributed by atoms with Crippen LogP contribution >= 0.6 is 0 Å². The topological polar surface area (TPSA) is 20.2 Å². The summed E-state index contributed by atoms with van der Waals surface area (Å²) in [6.07, 6.45) is 0.392. The lowest BCUT2D eigenvalue weighted by molar-refractivity contribution is 0.469. The van der Waals surface area contributed by atoms with Gasteiger partial charge in [0.15, 0.2) is 0 Å². The Balaban J connectivity index is 3.56. The van der Waals surface area contributed by atoms with Crippen molar-refractivity contribution >= 4 is 0 Å². The molecule has 0 bridgehead atoms. The van der Waals surface area contributed by atoms with Crippen LogP contribution in [0.4, 0.5) is 0 Å². The normalized spacial score (nSPS) is 15.7. The lowest BCUT2D eigenvalue weighted by atomic mass is 10.1. The van der Waals surface area contributed by atoms with Crippen LogP contribution < -0.4 is 0 Å². The molecule has 1 heteroatoms. The highest BCUT2D eigenvalue weighted by Crippen LogP contribution is 2.14. The largest absolute Gasteiger partial charge is 0.508 e. The molecule has 48 valence electrons. The number of phenolic OH excluding ortho intramolecular Hbond substituents is 1. The van der Waals surface area contributed by atoms with Crippen LogP contribution in [0.1, 0.15) is 18.0 Å². The molecule has 0 heterocycles. The minimum absolute atomic E-state index is 0.152. The first-order valence-corrected chi connectivity index (χ1v) is 2.78. The quantitative estimate of drug-likeness (QED) is 0.609. The zero-order chi connectivity index (χ0) is 10.2. The van der Waals surface area contributed by atoms with Gasteiger partial charge in [-0.1, -0.05) is 25.1 Å². The van der Waals surface area contributed by atoms with Crippen molar-refractivity contribution in [1.29, 1.82) is 0 Å². The lowest BCUT2D eigenvalue weighted by Gasteiger charge is -1.97. The van der Waals surface area contributed by atoms with Gasteiger partial charge in [0.05, 0.1) is 5.48 Å². The molecule has 0 aliphatic carbocycles. The standard InChI is InChI=1S/C8H10O/c1-2-7-5-3-4-6-8(7)9/h3-6,9H,2H2,1H3/i3D,4D,5D,6D. The van der Waals surface area contributed by atoms with Crippen molar-refractivity contribution in [2.45, 2.75) is 13.3 Å². The van der Waals surface area contributed by atoms with Gasteiger partial charge in [-0.2, -0.15) is 0 Å². The summed E-state index contributed by atoms with van der Waals surface area (Å²) in [5.74, 6) is -0.339. The summed E-state index contributed by atoms with van der Waals surface area (Å²) in [4.78, 5) is 0. The van der Waals surface area contributed by atoms with E-state index in [0.29, 0.717) is 6.42 Å². The molecule has 1 aromatic rings. The van der Waals surface area contributed by atoms with Crippen LogP contribution in [-0.2, 0) is 6.42 Å². The molecule has 0 aliphatic heterocycles. The van der Waals surface area contributed by atoms with Crippen LogP contribution in [0.3, 0.4) is 0 Å². The van der Waals surface area contributed by atoms with Gasteiger partial charge in [0.25, 0.3) is 0 Å². The van der Waals surface area contributed by atoms with E-state index in [1.54, 1.807) is 6.92 Å². The van der Waals surface area contributed by atoms with Crippen molar-refractivity contribution in [2.75, 3.05) is 0 Å². The predicted octanol–water partition coefficient (Wildman–Crippen LogP) is 1.95. The fourth-order valence-electron chi connectivity index (χ4n) is 0.588. The second kappa shape index (κ2) is 2.53. The Labute approximate surface area is 60.6 Å². The molecular weight excluding hydrogens is 112 g/mol. The van der Waals surface area contributed by atoms with Crippen molar-refractivity contribution in [3.05, 3.63) is 29.7 Å². The molecule has 0 saturated carbocycles. The lowest BCUT2D eigenvalue weighted by Crippen LogP contribution is -1.77. The highest BCUT2D eigenvalue weighted by Gasteiger charge is 1.92. The summed E-state index contributed by atoms with van der Waals surface area (Å²) in [5, 5.41) is 9.37. The van der Waals surface area contributed by atoms with Crippen molar-refractivity contribution in [3.8, 4) is 5.75 Å². The van der Waals surface area contributed by atoms with Gasteiger partial charge in [0, 0.05) is 0 Å². The summed E-state index contributed by atoms with van der Waals surface area (Å²) in [6.45, 7) is 1.73. The van der Waals surface area contributed by atoms with Gasteiger partial charge < -0.3 is 5.11 Å². The first kappa shape index (κ1) is 2.74. The van der Waals surface area contributed by atoms with Crippen LogP contribution in [0.15, 0.2) is 24.2 Å². The van der Waals surface area contributed by atoms with Gasteiger partial charge in [-0.15, -0.1) is 0 Å². The molecule has 0 radical (unpaired) electrons. The number of hydrogen-bond donors (Lipinski definition) is 1. The minimum atomic E-state index is -0.389. The van der Waals surface area contributed by atoms with Crippen LogP contribution in [0.25, 0.3) is 0 Å². The maximum atomic E-state index is 9.37. The molecule has 1 nitrogen and oxygen atoms in total. The Morgan fingerprint density at radius 3 is 2.89 bits per heavy atom. The molecule has 1 rings (SSSR count). The Kier molecular flexibility index (Phi) is 0.770. The molecule has 9 heavy (non-hydrogen) atoms. The first-order chi connectivity index (χ1) is 6.00. The number of rotatable bonds is 1. The average Bonchev–Trinajstić information content (AvgIpc) is 2.13. The highest BCUT2D eigenvalue weighted by molar-refractivity contribution is 5.31. The zero-order valence-electron chi connectivity index (χ0n) is 9.15. The smallest absolute Gasteiger partial charge is 0.118 e. The van der Waals surface area contributed by atoms with Gasteiger partial charge in [-0.3, -0.25) is 0 Å². The Morgan fingerprint density at radius 1 is 1.56 bits per heavy atom. The van der Waals surface area contributed by atoms with E-state index < -0.39 is 0 Å². The van der Waals surface area contributed by atoms with E-state index >= 15 is 0 Å². The van der Waals surface area contributed by atoms with Crippen molar-refractivity contribution in [3.63, 3.8) is 0 Å². The summed E-state index contributed by atoms with van der Waals surface area (Å²) in [6, 6.07) is -1.20. The maximum Gasteiger partial charge on any atom is 0.118 e. The van der Waals surface area contributed by atoms with E-state index in [-0.39, 0.29) is 35.5 Å².